The molecular formula is C30H26ClNO6S. The first-order chi connectivity index (χ1) is 18.6. The van der Waals surface area contributed by atoms with Crippen molar-refractivity contribution in [3.8, 4) is 16.9 Å². The summed E-state index contributed by atoms with van der Waals surface area (Å²) in [4.78, 5) is 14.7. The molecule has 3 atom stereocenters. The molecular weight excluding hydrogens is 538 g/mol. The predicted octanol–water partition coefficient (Wildman–Crippen LogP) is 6.18. The van der Waals surface area contributed by atoms with Crippen LogP contribution in [0.1, 0.15) is 36.1 Å². The van der Waals surface area contributed by atoms with Gasteiger partial charge in [-0.2, -0.15) is 8.42 Å². The van der Waals surface area contributed by atoms with Gasteiger partial charge in [0.25, 0.3) is 10.1 Å². The van der Waals surface area contributed by atoms with Gasteiger partial charge in [0.1, 0.15) is 10.6 Å². The minimum atomic E-state index is -4.52. The summed E-state index contributed by atoms with van der Waals surface area (Å²) in [6, 6.07) is 26.5. The number of hydrogen-bond acceptors (Lipinski definition) is 5. The Balaban J connectivity index is 1.47. The quantitative estimate of drug-likeness (QED) is 0.174. The van der Waals surface area contributed by atoms with Crippen molar-refractivity contribution in [2.24, 2.45) is 5.92 Å². The topological polar surface area (TPSA) is 115 Å². The van der Waals surface area contributed by atoms with Crippen LogP contribution in [0.2, 0.25) is 5.02 Å². The number of phenolic OH excluding ortho intramolecular Hbond substituents is 1. The fourth-order valence-corrected chi connectivity index (χ4v) is 6.09. The largest absolute Gasteiger partial charge is 0.507 e. The van der Waals surface area contributed by atoms with Crippen molar-refractivity contribution >= 4 is 33.3 Å². The number of benzene rings is 4. The number of hydrogen-bond donors (Lipinski definition) is 3. The summed E-state index contributed by atoms with van der Waals surface area (Å²) < 4.78 is 33.5. The molecule has 1 fully saturated rings. The summed E-state index contributed by atoms with van der Waals surface area (Å²) in [6.07, 6.45) is -0.0633. The number of para-hydroxylation sites is 1. The maximum atomic E-state index is 13.3. The molecule has 7 nitrogen and oxygen atoms in total. The zero-order valence-electron chi connectivity index (χ0n) is 20.7. The van der Waals surface area contributed by atoms with Crippen LogP contribution in [0.4, 0.5) is 5.69 Å². The van der Waals surface area contributed by atoms with E-state index in [0.717, 1.165) is 0 Å². The number of carbonyl (C=O) groups is 1. The van der Waals surface area contributed by atoms with Gasteiger partial charge in [0.15, 0.2) is 0 Å². The molecule has 3 N–H and O–H groups in total. The van der Waals surface area contributed by atoms with Gasteiger partial charge >= 0.3 is 0 Å². The van der Waals surface area contributed by atoms with Crippen molar-refractivity contribution in [1.29, 1.82) is 0 Å². The van der Waals surface area contributed by atoms with Crippen molar-refractivity contribution in [3.05, 3.63) is 113 Å². The standard InChI is InChI=1S/C30H26ClNO6S/c31-21-8-6-7-19(17-21)26(33)16-15-25-29(32(30(25)35)22-9-2-1-3-10-22)20-13-14-23(27(34)18-20)24-11-4-5-12-28(24)39(36,37)38/h1-14,17-18,25-26,29,33-34H,15-16H2,(H,36,37,38)/t25-,26+,29-/m1/s1. The van der Waals surface area contributed by atoms with Gasteiger partial charge in [-0.1, -0.05) is 72.3 Å². The Kier molecular flexibility index (Phi) is 7.46. The molecule has 4 aromatic carbocycles. The zero-order chi connectivity index (χ0) is 27.7. The fraction of sp³-hybridized carbons (Fsp3) is 0.167. The van der Waals surface area contributed by atoms with Crippen molar-refractivity contribution < 1.29 is 28.0 Å². The first-order valence-corrected chi connectivity index (χ1v) is 14.2. The van der Waals surface area contributed by atoms with E-state index >= 15 is 0 Å². The molecule has 0 aromatic heterocycles. The second-order valence-corrected chi connectivity index (χ2v) is 11.3. The number of anilines is 1. The molecule has 1 amide bonds. The summed E-state index contributed by atoms with van der Waals surface area (Å²) in [7, 11) is -4.52. The number of aliphatic hydroxyl groups is 1. The third-order valence-corrected chi connectivity index (χ3v) is 8.20. The first-order valence-electron chi connectivity index (χ1n) is 12.4. The molecule has 39 heavy (non-hydrogen) atoms. The summed E-state index contributed by atoms with van der Waals surface area (Å²) in [5, 5.41) is 22.2. The third-order valence-electron chi connectivity index (χ3n) is 7.05. The number of phenols is 1. The molecule has 0 radical (unpaired) electrons. The molecule has 0 bridgehead atoms. The van der Waals surface area contributed by atoms with E-state index in [1.165, 1.54) is 24.3 Å². The molecule has 200 valence electrons. The van der Waals surface area contributed by atoms with E-state index in [2.05, 4.69) is 0 Å². The van der Waals surface area contributed by atoms with E-state index in [1.54, 1.807) is 47.4 Å². The molecule has 0 aliphatic carbocycles. The number of aromatic hydroxyl groups is 1. The highest BCUT2D eigenvalue weighted by Crippen LogP contribution is 2.48. The van der Waals surface area contributed by atoms with E-state index in [4.69, 9.17) is 11.6 Å². The SMILES string of the molecule is O=C1[C@H](CC[C@H](O)c2cccc(Cl)c2)[C@@H](c2ccc(-c3ccccc3S(=O)(=O)O)c(O)c2)N1c1ccccc1. The van der Waals surface area contributed by atoms with E-state index in [1.807, 2.05) is 30.3 Å². The highest BCUT2D eigenvalue weighted by molar-refractivity contribution is 7.86. The smallest absolute Gasteiger partial charge is 0.295 e. The number of aliphatic hydroxyl groups excluding tert-OH is 1. The van der Waals surface area contributed by atoms with Crippen LogP contribution < -0.4 is 4.90 Å². The second-order valence-electron chi connectivity index (χ2n) is 9.49. The van der Waals surface area contributed by atoms with Crippen LogP contribution in [0.5, 0.6) is 5.75 Å². The summed E-state index contributed by atoms with van der Waals surface area (Å²) in [5.41, 5.74) is 2.43. The minimum absolute atomic E-state index is 0.0928. The Morgan fingerprint density at radius 2 is 1.59 bits per heavy atom. The Morgan fingerprint density at radius 1 is 0.872 bits per heavy atom. The lowest BCUT2D eigenvalue weighted by Gasteiger charge is -2.48. The maximum absolute atomic E-state index is 13.3. The molecule has 1 heterocycles. The van der Waals surface area contributed by atoms with E-state index in [-0.39, 0.29) is 27.7 Å². The number of rotatable bonds is 8. The average molecular weight is 564 g/mol. The maximum Gasteiger partial charge on any atom is 0.295 e. The molecule has 5 rings (SSSR count). The summed E-state index contributed by atoms with van der Waals surface area (Å²) in [5.74, 6) is -0.729. The zero-order valence-corrected chi connectivity index (χ0v) is 22.3. The third kappa shape index (κ3) is 5.42. The Bertz CT molecular complexity index is 1630. The highest BCUT2D eigenvalue weighted by Gasteiger charge is 2.48. The Labute approximate surface area is 231 Å². The van der Waals surface area contributed by atoms with Crippen LogP contribution in [0, 0.1) is 5.92 Å². The molecule has 0 unspecified atom stereocenters. The van der Waals surface area contributed by atoms with Gasteiger partial charge in [0.2, 0.25) is 5.91 Å². The number of nitrogens with zero attached hydrogens (tertiary/aromatic N) is 1. The van der Waals surface area contributed by atoms with Gasteiger partial charge in [0.05, 0.1) is 18.1 Å². The van der Waals surface area contributed by atoms with Crippen molar-refractivity contribution in [3.63, 3.8) is 0 Å². The van der Waals surface area contributed by atoms with Crippen LogP contribution in [0.25, 0.3) is 11.1 Å². The van der Waals surface area contributed by atoms with E-state index in [0.29, 0.717) is 34.7 Å². The number of β-lactam (4-membered cyclic amide) rings is 1. The highest BCUT2D eigenvalue weighted by atomic mass is 35.5. The Hall–Kier alpha value is -3.69. The van der Waals surface area contributed by atoms with Crippen LogP contribution in [-0.2, 0) is 14.9 Å². The molecule has 9 heteroatoms. The first kappa shape index (κ1) is 26.9. The Morgan fingerprint density at radius 3 is 2.28 bits per heavy atom. The summed E-state index contributed by atoms with van der Waals surface area (Å²) >= 11 is 6.07. The number of amides is 1. The molecule has 0 spiro atoms. The van der Waals surface area contributed by atoms with Gasteiger partial charge in [-0.15, -0.1) is 0 Å². The number of carbonyl (C=O) groups excluding carboxylic acids is 1. The van der Waals surface area contributed by atoms with Gasteiger partial charge in [0, 0.05) is 21.8 Å². The van der Waals surface area contributed by atoms with Crippen LogP contribution in [0.3, 0.4) is 0 Å². The van der Waals surface area contributed by atoms with Crippen molar-refractivity contribution in [2.45, 2.75) is 29.9 Å². The lowest BCUT2D eigenvalue weighted by atomic mass is 9.78. The lowest BCUT2D eigenvalue weighted by Crippen LogP contribution is -2.55. The molecule has 1 saturated heterocycles. The lowest BCUT2D eigenvalue weighted by molar-refractivity contribution is -0.131. The molecule has 1 aliphatic heterocycles. The van der Waals surface area contributed by atoms with Crippen LogP contribution in [0.15, 0.2) is 102 Å². The monoisotopic (exact) mass is 563 g/mol. The van der Waals surface area contributed by atoms with E-state index in [9.17, 15) is 28.0 Å². The predicted molar refractivity (Wildman–Crippen MR) is 149 cm³/mol. The van der Waals surface area contributed by atoms with Gasteiger partial charge in [-0.25, -0.2) is 0 Å². The fourth-order valence-electron chi connectivity index (χ4n) is 5.18. The summed E-state index contributed by atoms with van der Waals surface area (Å²) in [6.45, 7) is 0. The van der Waals surface area contributed by atoms with Gasteiger partial charge < -0.3 is 15.1 Å². The molecule has 1 aliphatic rings. The minimum Gasteiger partial charge on any atom is -0.507 e. The van der Waals surface area contributed by atoms with Crippen molar-refractivity contribution in [2.75, 3.05) is 4.90 Å². The number of halogens is 1. The molecule has 4 aromatic rings. The average Bonchev–Trinajstić information content (AvgIpc) is 2.91. The molecule has 0 saturated carbocycles. The second kappa shape index (κ2) is 10.8. The van der Waals surface area contributed by atoms with Gasteiger partial charge in [-0.3, -0.25) is 9.35 Å². The van der Waals surface area contributed by atoms with Gasteiger partial charge in [-0.05, 0) is 60.4 Å². The van der Waals surface area contributed by atoms with E-state index < -0.39 is 28.2 Å². The van der Waals surface area contributed by atoms with Crippen molar-refractivity contribution in [1.82, 2.24) is 0 Å². The van der Waals surface area contributed by atoms with Crippen LogP contribution in [-0.4, -0.2) is 29.1 Å². The van der Waals surface area contributed by atoms with Crippen LogP contribution >= 0.6 is 11.6 Å². The normalized spacial score (nSPS) is 18.0.